The molecule has 1 N–H and O–H groups in total. The summed E-state index contributed by atoms with van der Waals surface area (Å²) in [5, 5.41) is 10.5. The van der Waals surface area contributed by atoms with Gasteiger partial charge in [0.25, 0.3) is 0 Å². The maximum Gasteiger partial charge on any atom is 0.337 e. The molecule has 0 amide bonds. The molecule has 7 heteroatoms. The van der Waals surface area contributed by atoms with Crippen LogP contribution in [-0.2, 0) is 29.0 Å². The summed E-state index contributed by atoms with van der Waals surface area (Å²) in [7, 11) is 0. The summed E-state index contributed by atoms with van der Waals surface area (Å²) in [5.41, 5.74) is 8.38. The maximum atomic E-state index is 13.8. The average Bonchev–Trinajstić information content (AvgIpc) is 2.91. The van der Waals surface area contributed by atoms with Gasteiger partial charge in [-0.15, -0.1) is 0 Å². The van der Waals surface area contributed by atoms with Crippen LogP contribution < -0.4 is 4.90 Å². The van der Waals surface area contributed by atoms with E-state index in [1.165, 1.54) is 17.2 Å². The first-order valence-electron chi connectivity index (χ1n) is 15.5. The molecular formula is C36H46FN3O3. The lowest BCUT2D eigenvalue weighted by Gasteiger charge is -2.41. The van der Waals surface area contributed by atoms with Gasteiger partial charge in [-0.1, -0.05) is 44.2 Å². The Hall–Kier alpha value is -3.29. The van der Waals surface area contributed by atoms with Gasteiger partial charge in [0.05, 0.1) is 11.3 Å². The Kier molecular flexibility index (Phi) is 8.70. The van der Waals surface area contributed by atoms with E-state index in [-0.39, 0.29) is 11.2 Å². The van der Waals surface area contributed by atoms with Gasteiger partial charge in [0.15, 0.2) is 6.10 Å². The Labute approximate surface area is 255 Å². The van der Waals surface area contributed by atoms with Gasteiger partial charge < -0.3 is 14.7 Å². The number of carboxylic acids is 1. The first kappa shape index (κ1) is 31.1. The van der Waals surface area contributed by atoms with Crippen molar-refractivity contribution in [2.45, 2.75) is 92.5 Å². The molecule has 2 aliphatic rings. The van der Waals surface area contributed by atoms with Gasteiger partial charge in [-0.05, 0) is 93.7 Å². The van der Waals surface area contributed by atoms with Crippen molar-refractivity contribution in [3.05, 3.63) is 81.9 Å². The molecule has 0 saturated carbocycles. The molecule has 0 radical (unpaired) electrons. The molecule has 1 saturated heterocycles. The average molecular weight is 588 g/mol. The number of aromatic nitrogens is 1. The van der Waals surface area contributed by atoms with Crippen LogP contribution in [0.5, 0.6) is 0 Å². The van der Waals surface area contributed by atoms with Gasteiger partial charge in [0.2, 0.25) is 0 Å². The topological polar surface area (TPSA) is 65.9 Å². The van der Waals surface area contributed by atoms with Crippen LogP contribution in [0.2, 0.25) is 0 Å². The fourth-order valence-corrected chi connectivity index (χ4v) is 6.55. The summed E-state index contributed by atoms with van der Waals surface area (Å²) < 4.78 is 20.0. The van der Waals surface area contributed by atoms with E-state index in [1.54, 1.807) is 12.1 Å². The minimum Gasteiger partial charge on any atom is -0.479 e. The van der Waals surface area contributed by atoms with Crippen LogP contribution in [0.1, 0.15) is 87.2 Å². The minimum absolute atomic E-state index is 0.202. The molecule has 1 atom stereocenters. The van der Waals surface area contributed by atoms with Gasteiger partial charge in [0, 0.05) is 55.2 Å². The Balaban J connectivity index is 1.57. The number of aryl methyl sites for hydroxylation is 2. The van der Waals surface area contributed by atoms with Crippen molar-refractivity contribution in [2.24, 2.45) is 5.41 Å². The number of benzene rings is 2. The highest BCUT2D eigenvalue weighted by Crippen LogP contribution is 2.45. The summed E-state index contributed by atoms with van der Waals surface area (Å²) >= 11 is 0. The number of piperidine rings is 1. The van der Waals surface area contributed by atoms with Crippen molar-refractivity contribution >= 4 is 11.7 Å². The molecule has 0 bridgehead atoms. The summed E-state index contributed by atoms with van der Waals surface area (Å²) in [4.78, 5) is 22.4. The second-order valence-electron chi connectivity index (χ2n) is 14.1. The predicted octanol–water partition coefficient (Wildman–Crippen LogP) is 7.63. The number of aliphatic carboxylic acids is 1. The lowest BCUT2D eigenvalue weighted by atomic mass is 9.81. The number of halogens is 1. The van der Waals surface area contributed by atoms with E-state index in [9.17, 15) is 14.3 Å². The zero-order valence-electron chi connectivity index (χ0n) is 26.8. The number of ether oxygens (including phenoxy) is 1. The molecule has 0 spiro atoms. The number of hydrogen-bond acceptors (Lipinski definition) is 5. The van der Waals surface area contributed by atoms with Gasteiger partial charge in [-0.3, -0.25) is 9.88 Å². The SMILES string of the molecule is Cc1nc(C)c([C@H](OC(C)(C)C)C(=O)O)c(N2CCC(C)(C)CC2)c1-c1ccc2c(c1)CCN(Cc1cccc(F)c1)C2. The van der Waals surface area contributed by atoms with Crippen LogP contribution in [0.15, 0.2) is 42.5 Å². The van der Waals surface area contributed by atoms with Crippen LogP contribution >= 0.6 is 0 Å². The van der Waals surface area contributed by atoms with Gasteiger partial charge in [-0.25, -0.2) is 9.18 Å². The smallest absolute Gasteiger partial charge is 0.337 e. The lowest BCUT2D eigenvalue weighted by molar-refractivity contribution is -0.160. The first-order chi connectivity index (χ1) is 20.2. The number of rotatable bonds is 7. The third-order valence-corrected chi connectivity index (χ3v) is 8.85. The van der Waals surface area contributed by atoms with Crippen LogP contribution in [-0.4, -0.2) is 46.2 Å². The number of pyridine rings is 1. The molecule has 2 aliphatic heterocycles. The Morgan fingerprint density at radius 1 is 1.05 bits per heavy atom. The second kappa shape index (κ2) is 12.0. The predicted molar refractivity (Wildman–Crippen MR) is 170 cm³/mol. The van der Waals surface area contributed by atoms with E-state index in [1.807, 2.05) is 40.7 Å². The lowest BCUT2D eigenvalue weighted by Crippen LogP contribution is -2.39. The summed E-state index contributed by atoms with van der Waals surface area (Å²) in [6, 6.07) is 13.5. The number of anilines is 1. The van der Waals surface area contributed by atoms with Gasteiger partial charge in [-0.2, -0.15) is 0 Å². The van der Waals surface area contributed by atoms with E-state index >= 15 is 0 Å². The summed E-state index contributed by atoms with van der Waals surface area (Å²) in [6.07, 6.45) is 1.80. The largest absolute Gasteiger partial charge is 0.479 e. The van der Waals surface area contributed by atoms with Crippen molar-refractivity contribution < 1.29 is 19.0 Å². The van der Waals surface area contributed by atoms with Crippen LogP contribution in [0.25, 0.3) is 11.1 Å². The van der Waals surface area contributed by atoms with Crippen molar-refractivity contribution in [1.82, 2.24) is 9.88 Å². The number of fused-ring (bicyclic) bond motifs is 1. The van der Waals surface area contributed by atoms with E-state index < -0.39 is 17.7 Å². The van der Waals surface area contributed by atoms with Crippen LogP contribution in [0, 0.1) is 25.1 Å². The standard InChI is InChI=1S/C36H46FN3O3/c1-23-30(27-11-12-28-22-39(16-13-26(28)20-27)21-25-9-8-10-29(37)19-25)32(40-17-14-36(6,7)15-18-40)31(24(2)38-23)33(34(41)42)43-35(3,4)5/h8-12,19-20,33H,13-18,21-22H2,1-7H3,(H,41,42)/t33-/m0/s1. The third-order valence-electron chi connectivity index (χ3n) is 8.85. The van der Waals surface area contributed by atoms with E-state index in [0.29, 0.717) is 17.8 Å². The molecule has 2 aromatic carbocycles. The molecule has 3 heterocycles. The number of carbonyl (C=O) groups is 1. The monoisotopic (exact) mass is 587 g/mol. The van der Waals surface area contributed by atoms with Gasteiger partial charge in [0.1, 0.15) is 5.82 Å². The normalized spacial score (nSPS) is 17.9. The fraction of sp³-hybridized carbons (Fsp3) is 0.500. The third kappa shape index (κ3) is 7.10. The summed E-state index contributed by atoms with van der Waals surface area (Å²) in [6.45, 7) is 18.3. The Morgan fingerprint density at radius 3 is 2.42 bits per heavy atom. The maximum absolute atomic E-state index is 13.8. The van der Waals surface area contributed by atoms with Crippen molar-refractivity contribution in [3.63, 3.8) is 0 Å². The molecule has 1 fully saturated rings. The van der Waals surface area contributed by atoms with Gasteiger partial charge >= 0.3 is 5.97 Å². The molecular weight excluding hydrogens is 541 g/mol. The highest BCUT2D eigenvalue weighted by Gasteiger charge is 2.36. The zero-order chi connectivity index (χ0) is 31.1. The van der Waals surface area contributed by atoms with E-state index in [0.717, 1.165) is 73.5 Å². The molecule has 6 nitrogen and oxygen atoms in total. The molecule has 5 rings (SSSR count). The minimum atomic E-state index is -1.13. The molecule has 43 heavy (non-hydrogen) atoms. The number of nitrogens with zero attached hydrogens (tertiary/aromatic N) is 3. The first-order valence-corrected chi connectivity index (χ1v) is 15.5. The van der Waals surface area contributed by atoms with Crippen molar-refractivity contribution in [1.29, 1.82) is 0 Å². The van der Waals surface area contributed by atoms with Crippen molar-refractivity contribution in [2.75, 3.05) is 24.5 Å². The molecule has 0 aliphatic carbocycles. The Morgan fingerprint density at radius 2 is 1.77 bits per heavy atom. The quantitative estimate of drug-likeness (QED) is 0.307. The molecule has 0 unspecified atom stereocenters. The van der Waals surface area contributed by atoms with E-state index in [4.69, 9.17) is 9.72 Å². The van der Waals surface area contributed by atoms with Crippen LogP contribution in [0.3, 0.4) is 0 Å². The fourth-order valence-electron chi connectivity index (χ4n) is 6.55. The molecule has 230 valence electrons. The molecule has 3 aromatic rings. The number of hydrogen-bond donors (Lipinski definition) is 1. The summed E-state index contributed by atoms with van der Waals surface area (Å²) in [5.74, 6) is -1.20. The second-order valence-corrected chi connectivity index (χ2v) is 14.1. The van der Waals surface area contributed by atoms with Crippen LogP contribution in [0.4, 0.5) is 10.1 Å². The molecule has 1 aromatic heterocycles. The highest BCUT2D eigenvalue weighted by atomic mass is 19.1. The number of carboxylic acid groups (broad SMARTS) is 1. The highest BCUT2D eigenvalue weighted by molar-refractivity contribution is 5.88. The van der Waals surface area contributed by atoms with Crippen molar-refractivity contribution in [3.8, 4) is 11.1 Å². The Bertz CT molecular complexity index is 1500. The zero-order valence-corrected chi connectivity index (χ0v) is 26.8. The van der Waals surface area contributed by atoms with E-state index in [2.05, 4.69) is 41.8 Å².